The minimum atomic E-state index is 0.880. The van der Waals surface area contributed by atoms with Crippen LogP contribution >= 0.6 is 0 Å². The second-order valence-corrected chi connectivity index (χ2v) is 13.9. The third-order valence-electron chi connectivity index (χ3n) is 11.1. The van der Waals surface area contributed by atoms with Crippen LogP contribution in [-0.2, 0) is 0 Å². The average Bonchev–Trinajstić information content (AvgIpc) is 3.91. The van der Waals surface area contributed by atoms with E-state index in [1.807, 2.05) is 24.3 Å². The zero-order chi connectivity index (χ0) is 34.6. The van der Waals surface area contributed by atoms with E-state index in [1.54, 1.807) is 0 Å². The molecule has 246 valence electrons. The highest BCUT2D eigenvalue weighted by Crippen LogP contribution is 2.50. The summed E-state index contributed by atoms with van der Waals surface area (Å²) in [7, 11) is 0. The number of hydrogen-bond acceptors (Lipinski definition) is 3. The summed E-state index contributed by atoms with van der Waals surface area (Å²) < 4.78 is 19.3. The minimum Gasteiger partial charge on any atom is -0.456 e. The lowest BCUT2D eigenvalue weighted by atomic mass is 9.83. The molecule has 0 unspecified atom stereocenters. The van der Waals surface area contributed by atoms with Crippen molar-refractivity contribution >= 4 is 87.4 Å². The Kier molecular flexibility index (Phi) is 5.77. The highest BCUT2D eigenvalue weighted by Gasteiger charge is 2.23. The standard InChI is InChI=1S/C50H28O3/c1-2-13-32-31(12-1)46(37-18-10-24-44-49(37)35-15-4-7-21-41(35)52-44)33-27-26-29(30-17-9-23-43-48(30)34-14-3-6-20-40(34)51-43)28-39(33)47(32)38-19-11-25-45-50(38)36-16-5-8-22-42(36)53-45/h1-28H. The number of para-hydroxylation sites is 3. The van der Waals surface area contributed by atoms with Crippen molar-refractivity contribution in [2.24, 2.45) is 0 Å². The van der Waals surface area contributed by atoms with Crippen molar-refractivity contribution in [3.63, 3.8) is 0 Å². The van der Waals surface area contributed by atoms with Crippen molar-refractivity contribution in [3.8, 4) is 33.4 Å². The molecule has 3 aromatic heterocycles. The molecular weight excluding hydrogens is 649 g/mol. The van der Waals surface area contributed by atoms with Crippen LogP contribution in [0.3, 0.4) is 0 Å². The number of hydrogen-bond donors (Lipinski definition) is 0. The van der Waals surface area contributed by atoms with Crippen LogP contribution in [0.5, 0.6) is 0 Å². The van der Waals surface area contributed by atoms with Gasteiger partial charge in [-0.15, -0.1) is 0 Å². The van der Waals surface area contributed by atoms with Crippen molar-refractivity contribution in [1.82, 2.24) is 0 Å². The summed E-state index contributed by atoms with van der Waals surface area (Å²) in [6, 6.07) is 60.2. The molecule has 0 radical (unpaired) electrons. The molecule has 0 spiro atoms. The van der Waals surface area contributed by atoms with Crippen LogP contribution < -0.4 is 0 Å². The van der Waals surface area contributed by atoms with Crippen LogP contribution in [0.25, 0.3) is 121 Å². The maximum absolute atomic E-state index is 6.46. The van der Waals surface area contributed by atoms with Crippen molar-refractivity contribution in [2.45, 2.75) is 0 Å². The highest BCUT2D eigenvalue weighted by atomic mass is 16.3. The zero-order valence-electron chi connectivity index (χ0n) is 28.4. The van der Waals surface area contributed by atoms with E-state index in [-0.39, 0.29) is 0 Å². The first-order valence-electron chi connectivity index (χ1n) is 18.0. The Morgan fingerprint density at radius 2 is 0.604 bits per heavy atom. The maximum atomic E-state index is 6.46. The molecule has 12 aromatic rings. The monoisotopic (exact) mass is 676 g/mol. The number of fused-ring (bicyclic) bond motifs is 11. The molecular formula is C50H28O3. The van der Waals surface area contributed by atoms with Gasteiger partial charge in [0, 0.05) is 32.3 Å². The molecule has 0 aliphatic carbocycles. The Bertz CT molecular complexity index is 3460. The van der Waals surface area contributed by atoms with Gasteiger partial charge in [0.1, 0.15) is 33.5 Å². The van der Waals surface area contributed by atoms with Gasteiger partial charge in [0.05, 0.1) is 0 Å². The van der Waals surface area contributed by atoms with E-state index in [4.69, 9.17) is 13.3 Å². The summed E-state index contributed by atoms with van der Waals surface area (Å²) in [6.07, 6.45) is 0. The van der Waals surface area contributed by atoms with Crippen LogP contribution in [0.1, 0.15) is 0 Å². The second-order valence-electron chi connectivity index (χ2n) is 13.9. The fourth-order valence-electron chi connectivity index (χ4n) is 8.91. The Hall–Kier alpha value is -7.10. The Morgan fingerprint density at radius 3 is 1.09 bits per heavy atom. The van der Waals surface area contributed by atoms with Gasteiger partial charge in [0.25, 0.3) is 0 Å². The van der Waals surface area contributed by atoms with E-state index >= 15 is 0 Å². The third kappa shape index (κ3) is 3.99. The Morgan fingerprint density at radius 1 is 0.245 bits per heavy atom. The summed E-state index contributed by atoms with van der Waals surface area (Å²) in [4.78, 5) is 0. The number of benzene rings is 9. The Labute approximate surface area is 302 Å². The molecule has 0 saturated carbocycles. The summed E-state index contributed by atoms with van der Waals surface area (Å²) in [6.45, 7) is 0. The zero-order valence-corrected chi connectivity index (χ0v) is 28.4. The molecule has 0 aliphatic heterocycles. The fourth-order valence-corrected chi connectivity index (χ4v) is 8.91. The molecule has 3 heteroatoms. The van der Waals surface area contributed by atoms with E-state index in [0.29, 0.717) is 0 Å². The van der Waals surface area contributed by atoms with Gasteiger partial charge in [0.2, 0.25) is 0 Å². The first kappa shape index (κ1) is 28.6. The van der Waals surface area contributed by atoms with E-state index in [1.165, 1.54) is 32.7 Å². The van der Waals surface area contributed by atoms with Crippen LogP contribution in [0.4, 0.5) is 0 Å². The van der Waals surface area contributed by atoms with Crippen molar-refractivity contribution < 1.29 is 13.3 Å². The minimum absolute atomic E-state index is 0.880. The molecule has 0 aliphatic rings. The predicted molar refractivity (Wildman–Crippen MR) is 220 cm³/mol. The molecule has 0 fully saturated rings. The quantitative estimate of drug-likeness (QED) is 0.175. The number of rotatable bonds is 3. The number of furan rings is 3. The van der Waals surface area contributed by atoms with Crippen molar-refractivity contribution in [2.75, 3.05) is 0 Å². The van der Waals surface area contributed by atoms with Crippen LogP contribution in [0, 0.1) is 0 Å². The molecule has 0 amide bonds. The molecule has 53 heavy (non-hydrogen) atoms. The van der Waals surface area contributed by atoms with Gasteiger partial charge in [-0.25, -0.2) is 0 Å². The third-order valence-corrected chi connectivity index (χ3v) is 11.1. The topological polar surface area (TPSA) is 39.4 Å². The summed E-state index contributed by atoms with van der Waals surface area (Å²) in [5.41, 5.74) is 12.3. The first-order valence-corrected chi connectivity index (χ1v) is 18.0. The van der Waals surface area contributed by atoms with Crippen molar-refractivity contribution in [3.05, 3.63) is 170 Å². The van der Waals surface area contributed by atoms with E-state index < -0.39 is 0 Å². The molecule has 9 aromatic carbocycles. The molecule has 0 saturated heterocycles. The van der Waals surface area contributed by atoms with Crippen LogP contribution in [-0.4, -0.2) is 0 Å². The van der Waals surface area contributed by atoms with Gasteiger partial charge in [-0.05, 0) is 97.4 Å². The van der Waals surface area contributed by atoms with Gasteiger partial charge in [-0.1, -0.05) is 127 Å². The highest BCUT2D eigenvalue weighted by molar-refractivity contribution is 6.29. The average molecular weight is 677 g/mol. The molecule has 0 atom stereocenters. The van der Waals surface area contributed by atoms with E-state index in [2.05, 4.69) is 146 Å². The largest absolute Gasteiger partial charge is 0.456 e. The molecule has 3 heterocycles. The van der Waals surface area contributed by atoms with Crippen LogP contribution in [0.2, 0.25) is 0 Å². The predicted octanol–water partition coefficient (Wildman–Crippen LogP) is 14.7. The van der Waals surface area contributed by atoms with E-state index in [9.17, 15) is 0 Å². The molecule has 0 bridgehead atoms. The fraction of sp³-hybridized carbons (Fsp3) is 0. The first-order chi connectivity index (χ1) is 26.3. The summed E-state index contributed by atoms with van der Waals surface area (Å²) in [5.74, 6) is 0. The normalized spacial score (nSPS) is 12.2. The van der Waals surface area contributed by atoms with Gasteiger partial charge >= 0.3 is 0 Å². The maximum Gasteiger partial charge on any atom is 0.136 e. The van der Waals surface area contributed by atoms with Crippen LogP contribution in [0.15, 0.2) is 183 Å². The summed E-state index contributed by atoms with van der Waals surface area (Å²) in [5, 5.41) is 11.4. The molecule has 12 rings (SSSR count). The Balaban J connectivity index is 1.27. The second kappa shape index (κ2) is 10.7. The van der Waals surface area contributed by atoms with Gasteiger partial charge in [0.15, 0.2) is 0 Å². The lowest BCUT2D eigenvalue weighted by Gasteiger charge is -2.20. The SMILES string of the molecule is c1ccc2c(c1)oc1cccc(-c3ccc4c(-c5cccc6oc7ccccc7c56)c5ccccc5c(-c5cccc6oc7ccccc7c56)c4c3)c12. The van der Waals surface area contributed by atoms with E-state index in [0.717, 1.165) is 88.1 Å². The molecule has 3 nitrogen and oxygen atoms in total. The lowest BCUT2D eigenvalue weighted by molar-refractivity contribution is 0.668. The van der Waals surface area contributed by atoms with Crippen molar-refractivity contribution in [1.29, 1.82) is 0 Å². The van der Waals surface area contributed by atoms with Gasteiger partial charge in [-0.3, -0.25) is 0 Å². The van der Waals surface area contributed by atoms with Gasteiger partial charge in [-0.2, -0.15) is 0 Å². The summed E-state index contributed by atoms with van der Waals surface area (Å²) >= 11 is 0. The van der Waals surface area contributed by atoms with Gasteiger partial charge < -0.3 is 13.3 Å². The lowest BCUT2D eigenvalue weighted by Crippen LogP contribution is -1.93. The smallest absolute Gasteiger partial charge is 0.136 e. The molecule has 0 N–H and O–H groups in total.